The number of halogens is 1. The van der Waals surface area contributed by atoms with E-state index in [0.717, 1.165) is 66.4 Å². The largest absolute Gasteiger partial charge is 0.455 e. The molecule has 0 spiro atoms. The second kappa shape index (κ2) is 20.6. The minimum atomic E-state index is 0.921. The zero-order valence-electron chi connectivity index (χ0n) is 48.2. The maximum absolute atomic E-state index is 6.41. The molecular formula is C85H52BrNO2. The molecule has 0 aliphatic heterocycles. The number of para-hydroxylation sites is 5. The normalized spacial score (nSPS) is 12.1. The molecule has 16 aromatic carbocycles. The highest BCUT2D eigenvalue weighted by Crippen LogP contribution is 2.45. The van der Waals surface area contributed by atoms with Gasteiger partial charge in [-0.05, 0) is 165 Å². The third kappa shape index (κ3) is 8.25. The molecule has 0 fully saturated rings. The molecule has 3 heterocycles. The van der Waals surface area contributed by atoms with Gasteiger partial charge in [0.25, 0.3) is 0 Å². The molecule has 0 bridgehead atoms. The standard InChI is InChI=1S/C42H25NO.C25H16O.C18H11Br/c1-2-12-31-29(10-1)30-11-3-4-13-32(30)37-25-27(21-22-33(31)37)43-39-18-7-5-14-34(39)38-24-26(20-23-40(38)43)28-16-9-17-36-35-15-6-8-19-41(35)44-42(28)36;1-2-7-19-16(6-1)14-17-12-13-18(15-23(17)19)20-9-5-10-22-21-8-3-4-11-24(21)26-25(20)22;19-12-9-10-17-15-7-2-1-5-13(15)14-6-3-4-8-16(14)18(17)11-12/h1-25H;1-13,15H,14H2;1-11H. The van der Waals surface area contributed by atoms with Gasteiger partial charge in [-0.2, -0.15) is 0 Å². The molecule has 19 aromatic rings. The van der Waals surface area contributed by atoms with Gasteiger partial charge in [-0.1, -0.05) is 259 Å². The topological polar surface area (TPSA) is 31.2 Å². The summed E-state index contributed by atoms with van der Waals surface area (Å²) in [6, 6.07) is 109. The number of benzene rings is 16. The summed E-state index contributed by atoms with van der Waals surface area (Å²) in [5.74, 6) is 0. The van der Waals surface area contributed by atoms with Crippen LogP contribution in [0.25, 0.3) is 169 Å². The van der Waals surface area contributed by atoms with E-state index in [1.807, 2.05) is 24.3 Å². The van der Waals surface area contributed by atoms with Gasteiger partial charge in [0.05, 0.1) is 11.0 Å². The van der Waals surface area contributed by atoms with Crippen LogP contribution in [0.4, 0.5) is 0 Å². The molecule has 0 saturated carbocycles. The van der Waals surface area contributed by atoms with Gasteiger partial charge in [-0.15, -0.1) is 0 Å². The van der Waals surface area contributed by atoms with Crippen molar-refractivity contribution in [2.45, 2.75) is 6.42 Å². The lowest BCUT2D eigenvalue weighted by Crippen LogP contribution is -1.94. The number of hydrogen-bond donors (Lipinski definition) is 0. The Hall–Kier alpha value is -11.0. The summed E-state index contributed by atoms with van der Waals surface area (Å²) in [6.45, 7) is 0. The summed E-state index contributed by atoms with van der Waals surface area (Å²) < 4.78 is 16.2. The summed E-state index contributed by atoms with van der Waals surface area (Å²) in [4.78, 5) is 0. The number of aromatic nitrogens is 1. The second-order valence-electron chi connectivity index (χ2n) is 23.5. The lowest BCUT2D eigenvalue weighted by molar-refractivity contribution is 0.669. The highest BCUT2D eigenvalue weighted by molar-refractivity contribution is 9.10. The van der Waals surface area contributed by atoms with Crippen LogP contribution < -0.4 is 0 Å². The molecule has 3 aromatic heterocycles. The van der Waals surface area contributed by atoms with Gasteiger partial charge in [0.1, 0.15) is 22.3 Å². The van der Waals surface area contributed by atoms with Crippen LogP contribution in [0.3, 0.4) is 0 Å². The lowest BCUT2D eigenvalue weighted by Gasteiger charge is -2.14. The average molecular weight is 1200 g/mol. The molecule has 0 atom stereocenters. The molecule has 416 valence electrons. The summed E-state index contributed by atoms with van der Waals surface area (Å²) in [5, 5.41) is 22.8. The third-order valence-corrected chi connectivity index (χ3v) is 19.1. The first-order chi connectivity index (χ1) is 44.1. The molecule has 20 rings (SSSR count). The van der Waals surface area contributed by atoms with Crippen molar-refractivity contribution < 1.29 is 8.83 Å². The van der Waals surface area contributed by atoms with Crippen molar-refractivity contribution in [1.29, 1.82) is 0 Å². The van der Waals surface area contributed by atoms with Crippen LogP contribution in [0.15, 0.2) is 317 Å². The van der Waals surface area contributed by atoms with E-state index in [4.69, 9.17) is 8.83 Å². The predicted octanol–water partition coefficient (Wildman–Crippen LogP) is 24.5. The van der Waals surface area contributed by atoms with Crippen LogP contribution >= 0.6 is 15.9 Å². The van der Waals surface area contributed by atoms with Crippen molar-refractivity contribution in [3.05, 3.63) is 319 Å². The van der Waals surface area contributed by atoms with Crippen LogP contribution in [0.2, 0.25) is 0 Å². The first-order valence-electron chi connectivity index (χ1n) is 30.4. The van der Waals surface area contributed by atoms with E-state index in [1.54, 1.807) is 0 Å². The fourth-order valence-electron chi connectivity index (χ4n) is 14.6. The zero-order chi connectivity index (χ0) is 58.7. The number of nitrogens with zero attached hydrogens (tertiary/aromatic N) is 1. The number of hydrogen-bond acceptors (Lipinski definition) is 2. The zero-order valence-corrected chi connectivity index (χ0v) is 49.8. The Morgan fingerprint density at radius 2 is 0.652 bits per heavy atom. The quantitative estimate of drug-likeness (QED) is 0.165. The van der Waals surface area contributed by atoms with Crippen molar-refractivity contribution in [1.82, 2.24) is 4.57 Å². The van der Waals surface area contributed by atoms with Gasteiger partial charge in [-0.3, -0.25) is 0 Å². The molecule has 0 radical (unpaired) electrons. The van der Waals surface area contributed by atoms with Gasteiger partial charge in [-0.25, -0.2) is 0 Å². The molecule has 0 unspecified atom stereocenters. The van der Waals surface area contributed by atoms with Gasteiger partial charge in [0.15, 0.2) is 0 Å². The van der Waals surface area contributed by atoms with E-state index in [-0.39, 0.29) is 0 Å². The minimum Gasteiger partial charge on any atom is -0.455 e. The van der Waals surface area contributed by atoms with E-state index in [9.17, 15) is 0 Å². The third-order valence-electron chi connectivity index (χ3n) is 18.6. The fraction of sp³-hybridized carbons (Fsp3) is 0.0118. The first kappa shape index (κ1) is 51.2. The van der Waals surface area contributed by atoms with E-state index in [0.29, 0.717) is 0 Å². The van der Waals surface area contributed by atoms with Gasteiger partial charge in [0, 0.05) is 53.6 Å². The molecular weight excluding hydrogens is 1150 g/mol. The second-order valence-corrected chi connectivity index (χ2v) is 24.4. The van der Waals surface area contributed by atoms with Crippen LogP contribution in [0.5, 0.6) is 0 Å². The SMILES string of the molecule is Brc1ccc2c3ccccc3c3ccccc3c2c1.c1ccc2c(c1)Cc1ccc(-c3cccc4c3oc3ccccc34)cc1-2.c1ccc2c(c1)oc1c(-c3ccc4c(c3)c3ccccc3n4-c3ccc4c5ccccc5c5ccccc5c4c3)cccc12. The maximum atomic E-state index is 6.41. The Morgan fingerprint density at radius 3 is 1.24 bits per heavy atom. The maximum Gasteiger partial charge on any atom is 0.143 e. The monoisotopic (exact) mass is 1200 g/mol. The van der Waals surface area contributed by atoms with Crippen LogP contribution in [-0.4, -0.2) is 4.57 Å². The first-order valence-corrected chi connectivity index (χ1v) is 31.2. The molecule has 3 nitrogen and oxygen atoms in total. The van der Waals surface area contributed by atoms with Gasteiger partial charge >= 0.3 is 0 Å². The van der Waals surface area contributed by atoms with Gasteiger partial charge in [0.2, 0.25) is 0 Å². The van der Waals surface area contributed by atoms with Crippen molar-refractivity contribution in [2.24, 2.45) is 0 Å². The number of fused-ring (bicyclic) bond motifs is 24. The highest BCUT2D eigenvalue weighted by Gasteiger charge is 2.21. The Balaban J connectivity index is 0.000000111. The smallest absolute Gasteiger partial charge is 0.143 e. The van der Waals surface area contributed by atoms with Crippen molar-refractivity contribution in [3.8, 4) is 39.1 Å². The number of rotatable bonds is 3. The molecule has 4 heteroatoms. The molecule has 0 N–H and O–H groups in total. The molecule has 0 amide bonds. The fourth-order valence-corrected chi connectivity index (χ4v) is 14.9. The van der Waals surface area contributed by atoms with Crippen molar-refractivity contribution in [3.63, 3.8) is 0 Å². The molecule has 1 aliphatic carbocycles. The van der Waals surface area contributed by atoms with Crippen LogP contribution in [-0.2, 0) is 6.42 Å². The summed E-state index contributed by atoms with van der Waals surface area (Å²) in [6.07, 6.45) is 1.03. The molecule has 1 aliphatic rings. The summed E-state index contributed by atoms with van der Waals surface area (Å²) >= 11 is 3.58. The van der Waals surface area contributed by atoms with Gasteiger partial charge < -0.3 is 13.4 Å². The Bertz CT molecular complexity index is 6050. The van der Waals surface area contributed by atoms with Crippen molar-refractivity contribution in [2.75, 3.05) is 0 Å². The molecule has 89 heavy (non-hydrogen) atoms. The summed E-state index contributed by atoms with van der Waals surface area (Å²) in [5.41, 5.74) is 17.5. The Morgan fingerprint density at radius 1 is 0.247 bits per heavy atom. The summed E-state index contributed by atoms with van der Waals surface area (Å²) in [7, 11) is 0. The predicted molar refractivity (Wildman–Crippen MR) is 380 cm³/mol. The minimum absolute atomic E-state index is 0.921. The lowest BCUT2D eigenvalue weighted by atomic mass is 9.94. The van der Waals surface area contributed by atoms with E-state index in [1.165, 1.54) is 125 Å². The van der Waals surface area contributed by atoms with E-state index >= 15 is 0 Å². The van der Waals surface area contributed by atoms with Crippen LogP contribution in [0, 0.1) is 0 Å². The molecule has 0 saturated heterocycles. The van der Waals surface area contributed by atoms with Crippen LogP contribution in [0.1, 0.15) is 11.1 Å². The average Bonchev–Trinajstić information content (AvgIpc) is 1.86. The number of furan rings is 2. The van der Waals surface area contributed by atoms with E-state index < -0.39 is 0 Å². The Kier molecular flexibility index (Phi) is 11.8. The van der Waals surface area contributed by atoms with Crippen molar-refractivity contribution >= 4 is 146 Å². The Labute approximate surface area is 520 Å². The highest BCUT2D eigenvalue weighted by atomic mass is 79.9. The van der Waals surface area contributed by atoms with E-state index in [2.05, 4.69) is 300 Å².